The fraction of sp³-hybridized carbons (Fsp3) is 0.211. The highest BCUT2D eigenvalue weighted by atomic mass is 16.5. The molecule has 0 unspecified atom stereocenters. The highest BCUT2D eigenvalue weighted by Gasteiger charge is 2.15. The van der Waals surface area contributed by atoms with Crippen LogP contribution < -0.4 is 0 Å². The molecule has 0 bridgehead atoms. The third-order valence-electron chi connectivity index (χ3n) is 3.85. The molecule has 0 amide bonds. The van der Waals surface area contributed by atoms with E-state index < -0.39 is 0 Å². The first-order valence-corrected chi connectivity index (χ1v) is 7.51. The molecule has 0 aliphatic rings. The van der Waals surface area contributed by atoms with Crippen LogP contribution in [0.5, 0.6) is 0 Å². The molecule has 2 aromatic carbocycles. The molecule has 0 saturated carbocycles. The standard InChI is InChI=1S/C19H19NO2/c1-3-22-19(21)18-13(2)16-10-9-15(12-17(16)20-18)11-14-7-5-4-6-8-14/h4-10,12,20H,3,11H2,1-2H3. The average Bonchev–Trinajstić information content (AvgIpc) is 2.85. The van der Waals surface area contributed by atoms with E-state index in [0.29, 0.717) is 12.3 Å². The van der Waals surface area contributed by atoms with Crippen LogP contribution in [0.4, 0.5) is 0 Å². The van der Waals surface area contributed by atoms with Gasteiger partial charge in [-0.25, -0.2) is 4.79 Å². The summed E-state index contributed by atoms with van der Waals surface area (Å²) in [5, 5.41) is 1.07. The molecule has 22 heavy (non-hydrogen) atoms. The van der Waals surface area contributed by atoms with E-state index in [0.717, 1.165) is 22.9 Å². The minimum absolute atomic E-state index is 0.291. The van der Waals surface area contributed by atoms with Crippen molar-refractivity contribution in [2.24, 2.45) is 0 Å². The van der Waals surface area contributed by atoms with Gasteiger partial charge in [0.05, 0.1) is 6.61 Å². The SMILES string of the molecule is CCOC(=O)c1[nH]c2cc(Cc3ccccc3)ccc2c1C. The molecule has 0 fully saturated rings. The van der Waals surface area contributed by atoms with Crippen LogP contribution in [0.2, 0.25) is 0 Å². The lowest BCUT2D eigenvalue weighted by Gasteiger charge is -2.02. The van der Waals surface area contributed by atoms with Crippen LogP contribution in [-0.2, 0) is 11.2 Å². The summed E-state index contributed by atoms with van der Waals surface area (Å²) < 4.78 is 5.09. The first kappa shape index (κ1) is 14.4. The maximum atomic E-state index is 12.0. The summed E-state index contributed by atoms with van der Waals surface area (Å²) >= 11 is 0. The van der Waals surface area contributed by atoms with E-state index in [2.05, 4.69) is 35.3 Å². The summed E-state index contributed by atoms with van der Waals surface area (Å²) in [6.07, 6.45) is 0.879. The van der Waals surface area contributed by atoms with Crippen molar-refractivity contribution in [1.82, 2.24) is 4.98 Å². The van der Waals surface area contributed by atoms with Crippen LogP contribution in [0.1, 0.15) is 34.1 Å². The Morgan fingerprint density at radius 3 is 2.59 bits per heavy atom. The first-order chi connectivity index (χ1) is 10.7. The van der Waals surface area contributed by atoms with Gasteiger partial charge in [-0.15, -0.1) is 0 Å². The average molecular weight is 293 g/mol. The summed E-state index contributed by atoms with van der Waals surface area (Å²) in [6.45, 7) is 4.14. The van der Waals surface area contributed by atoms with Gasteiger partial charge in [0.15, 0.2) is 0 Å². The lowest BCUT2D eigenvalue weighted by atomic mass is 10.0. The van der Waals surface area contributed by atoms with Gasteiger partial charge in [-0.3, -0.25) is 0 Å². The fourth-order valence-corrected chi connectivity index (χ4v) is 2.73. The second-order valence-corrected chi connectivity index (χ2v) is 5.39. The predicted octanol–water partition coefficient (Wildman–Crippen LogP) is 4.24. The molecule has 0 atom stereocenters. The lowest BCUT2D eigenvalue weighted by molar-refractivity contribution is 0.0520. The Balaban J connectivity index is 1.95. The second-order valence-electron chi connectivity index (χ2n) is 5.39. The number of benzene rings is 2. The molecule has 0 aliphatic heterocycles. The quantitative estimate of drug-likeness (QED) is 0.731. The van der Waals surface area contributed by atoms with Gasteiger partial charge in [0.2, 0.25) is 0 Å². The minimum Gasteiger partial charge on any atom is -0.461 e. The molecule has 0 radical (unpaired) electrons. The first-order valence-electron chi connectivity index (χ1n) is 7.51. The Kier molecular flexibility index (Phi) is 3.96. The Labute approximate surface area is 129 Å². The van der Waals surface area contributed by atoms with Crippen molar-refractivity contribution in [2.75, 3.05) is 6.61 Å². The number of H-pyrrole nitrogens is 1. The maximum Gasteiger partial charge on any atom is 0.355 e. The highest BCUT2D eigenvalue weighted by molar-refractivity contribution is 5.98. The van der Waals surface area contributed by atoms with Crippen LogP contribution in [0.15, 0.2) is 48.5 Å². The molecule has 3 heteroatoms. The number of aryl methyl sites for hydroxylation is 1. The fourth-order valence-electron chi connectivity index (χ4n) is 2.73. The van der Waals surface area contributed by atoms with Gasteiger partial charge in [0, 0.05) is 10.9 Å². The second kappa shape index (κ2) is 6.06. The van der Waals surface area contributed by atoms with Crippen LogP contribution in [-0.4, -0.2) is 17.6 Å². The molecule has 1 heterocycles. The zero-order chi connectivity index (χ0) is 15.5. The molecular formula is C19H19NO2. The van der Waals surface area contributed by atoms with Crippen LogP contribution >= 0.6 is 0 Å². The number of rotatable bonds is 4. The number of aromatic nitrogens is 1. The zero-order valence-corrected chi connectivity index (χ0v) is 12.8. The normalized spacial score (nSPS) is 10.8. The Bertz CT molecular complexity index is 803. The highest BCUT2D eigenvalue weighted by Crippen LogP contribution is 2.24. The van der Waals surface area contributed by atoms with Crippen molar-refractivity contribution < 1.29 is 9.53 Å². The Hall–Kier alpha value is -2.55. The summed E-state index contributed by atoms with van der Waals surface area (Å²) in [5.41, 5.74) is 4.97. The Morgan fingerprint density at radius 2 is 1.86 bits per heavy atom. The lowest BCUT2D eigenvalue weighted by Crippen LogP contribution is -2.06. The molecule has 112 valence electrons. The number of carbonyl (C=O) groups is 1. The third-order valence-corrected chi connectivity index (χ3v) is 3.85. The van der Waals surface area contributed by atoms with Gasteiger partial charge >= 0.3 is 5.97 Å². The van der Waals surface area contributed by atoms with Crippen molar-refractivity contribution in [1.29, 1.82) is 0 Å². The topological polar surface area (TPSA) is 42.1 Å². The molecule has 1 aromatic heterocycles. The van der Waals surface area contributed by atoms with E-state index in [1.807, 2.05) is 32.0 Å². The van der Waals surface area contributed by atoms with Crippen LogP contribution in [0.25, 0.3) is 10.9 Å². The third kappa shape index (κ3) is 2.75. The van der Waals surface area contributed by atoms with Crippen molar-refractivity contribution >= 4 is 16.9 Å². The summed E-state index contributed by atoms with van der Waals surface area (Å²) in [5.74, 6) is -0.291. The van der Waals surface area contributed by atoms with Crippen molar-refractivity contribution in [3.63, 3.8) is 0 Å². The number of fused-ring (bicyclic) bond motifs is 1. The monoisotopic (exact) mass is 293 g/mol. The number of carbonyl (C=O) groups excluding carboxylic acids is 1. The van der Waals surface area contributed by atoms with Crippen molar-refractivity contribution in [3.05, 3.63) is 70.9 Å². The minimum atomic E-state index is -0.291. The molecule has 0 saturated heterocycles. The smallest absolute Gasteiger partial charge is 0.355 e. The maximum absolute atomic E-state index is 12.0. The van der Waals surface area contributed by atoms with Gasteiger partial charge in [0.1, 0.15) is 5.69 Å². The van der Waals surface area contributed by atoms with Gasteiger partial charge in [-0.05, 0) is 43.0 Å². The van der Waals surface area contributed by atoms with E-state index in [1.54, 1.807) is 0 Å². The van der Waals surface area contributed by atoms with E-state index in [9.17, 15) is 4.79 Å². The van der Waals surface area contributed by atoms with E-state index in [1.165, 1.54) is 11.1 Å². The molecule has 0 aliphatic carbocycles. The van der Waals surface area contributed by atoms with Crippen molar-refractivity contribution in [2.45, 2.75) is 20.3 Å². The number of aromatic amines is 1. The molecule has 0 spiro atoms. The summed E-state index contributed by atoms with van der Waals surface area (Å²) in [4.78, 5) is 15.2. The van der Waals surface area contributed by atoms with E-state index in [4.69, 9.17) is 4.74 Å². The molecular weight excluding hydrogens is 274 g/mol. The Morgan fingerprint density at radius 1 is 1.09 bits per heavy atom. The van der Waals surface area contributed by atoms with E-state index >= 15 is 0 Å². The van der Waals surface area contributed by atoms with Gasteiger partial charge < -0.3 is 9.72 Å². The summed E-state index contributed by atoms with van der Waals surface area (Å²) in [6, 6.07) is 16.7. The molecule has 3 nitrogen and oxygen atoms in total. The van der Waals surface area contributed by atoms with Gasteiger partial charge in [0.25, 0.3) is 0 Å². The predicted molar refractivity (Wildman–Crippen MR) is 88.2 cm³/mol. The number of esters is 1. The van der Waals surface area contributed by atoms with Crippen LogP contribution in [0, 0.1) is 6.92 Å². The summed E-state index contributed by atoms with van der Waals surface area (Å²) in [7, 11) is 0. The largest absolute Gasteiger partial charge is 0.461 e. The zero-order valence-electron chi connectivity index (χ0n) is 12.8. The molecule has 1 N–H and O–H groups in total. The van der Waals surface area contributed by atoms with Gasteiger partial charge in [-0.1, -0.05) is 42.5 Å². The van der Waals surface area contributed by atoms with Gasteiger partial charge in [-0.2, -0.15) is 0 Å². The number of hydrogen-bond donors (Lipinski definition) is 1. The number of hydrogen-bond acceptors (Lipinski definition) is 2. The molecule has 3 rings (SSSR count). The number of ether oxygens (including phenoxy) is 1. The van der Waals surface area contributed by atoms with E-state index in [-0.39, 0.29) is 5.97 Å². The van der Waals surface area contributed by atoms with Crippen molar-refractivity contribution in [3.8, 4) is 0 Å². The molecule has 3 aromatic rings. The number of nitrogens with one attached hydrogen (secondary N) is 1. The van der Waals surface area contributed by atoms with Crippen LogP contribution in [0.3, 0.4) is 0 Å².